The lowest BCUT2D eigenvalue weighted by atomic mass is 9.70. The molecular weight excluding hydrogens is 258 g/mol. The molecule has 1 amide bonds. The van der Waals surface area contributed by atoms with E-state index in [9.17, 15) is 4.79 Å². The number of ether oxygens (including phenoxy) is 1. The van der Waals surface area contributed by atoms with Crippen molar-refractivity contribution >= 4 is 18.5 Å². The number of nitrogens with zero attached hydrogens (tertiary/aromatic N) is 1. The molecule has 0 atom stereocenters. The number of thiol groups is 1. The summed E-state index contributed by atoms with van der Waals surface area (Å²) in [5.41, 5.74) is 0.923. The van der Waals surface area contributed by atoms with Crippen molar-refractivity contribution in [1.29, 1.82) is 0 Å². The summed E-state index contributed by atoms with van der Waals surface area (Å²) in [5.74, 6) is 1.67. The van der Waals surface area contributed by atoms with E-state index in [1.165, 1.54) is 19.3 Å². The molecule has 0 saturated heterocycles. The Balaban J connectivity index is 1.82. The Morgan fingerprint density at radius 1 is 1.32 bits per heavy atom. The second kappa shape index (κ2) is 5.08. The molecule has 1 aliphatic carbocycles. The van der Waals surface area contributed by atoms with Gasteiger partial charge in [0.1, 0.15) is 12.4 Å². The summed E-state index contributed by atoms with van der Waals surface area (Å²) in [6, 6.07) is 7.52. The first-order valence-corrected chi connectivity index (χ1v) is 7.49. The lowest BCUT2D eigenvalue weighted by Gasteiger charge is -2.44. The summed E-state index contributed by atoms with van der Waals surface area (Å²) in [4.78, 5) is 14.5. The number of hydrogen-bond donors (Lipinski definition) is 1. The van der Waals surface area contributed by atoms with E-state index in [0.29, 0.717) is 24.5 Å². The van der Waals surface area contributed by atoms with Crippen molar-refractivity contribution in [3.8, 4) is 5.75 Å². The van der Waals surface area contributed by atoms with Gasteiger partial charge < -0.3 is 9.64 Å². The van der Waals surface area contributed by atoms with Crippen molar-refractivity contribution < 1.29 is 9.53 Å². The molecular formula is C15H19NO2S. The monoisotopic (exact) mass is 277 g/mol. The number of hydrogen-bond acceptors (Lipinski definition) is 3. The summed E-state index contributed by atoms with van der Waals surface area (Å²) >= 11 is 4.47. The number of para-hydroxylation sites is 1. The van der Waals surface area contributed by atoms with E-state index < -0.39 is 0 Å². The van der Waals surface area contributed by atoms with Gasteiger partial charge in [-0.25, -0.2) is 0 Å². The smallest absolute Gasteiger partial charge is 0.257 e. The summed E-state index contributed by atoms with van der Waals surface area (Å²) in [7, 11) is 0. The van der Waals surface area contributed by atoms with Crippen LogP contribution in [0.1, 0.15) is 29.6 Å². The predicted molar refractivity (Wildman–Crippen MR) is 78.0 cm³/mol. The van der Waals surface area contributed by atoms with Gasteiger partial charge in [0.2, 0.25) is 0 Å². The van der Waals surface area contributed by atoms with Crippen molar-refractivity contribution in [3.05, 3.63) is 29.8 Å². The van der Waals surface area contributed by atoms with Crippen LogP contribution in [0, 0.1) is 5.41 Å². The van der Waals surface area contributed by atoms with Crippen molar-refractivity contribution in [2.75, 3.05) is 25.4 Å². The van der Waals surface area contributed by atoms with Gasteiger partial charge in [-0.2, -0.15) is 12.6 Å². The van der Waals surface area contributed by atoms with Crippen molar-refractivity contribution in [3.63, 3.8) is 0 Å². The molecule has 0 bridgehead atoms. The molecule has 1 aromatic carbocycles. The third-order valence-electron chi connectivity index (χ3n) is 4.30. The van der Waals surface area contributed by atoms with Crippen molar-refractivity contribution in [1.82, 2.24) is 4.90 Å². The highest BCUT2D eigenvalue weighted by Crippen LogP contribution is 2.42. The van der Waals surface area contributed by atoms with Gasteiger partial charge in [-0.15, -0.1) is 0 Å². The van der Waals surface area contributed by atoms with Gasteiger partial charge in [-0.05, 0) is 36.1 Å². The maximum atomic E-state index is 12.6. The zero-order valence-electron chi connectivity index (χ0n) is 11.0. The van der Waals surface area contributed by atoms with Gasteiger partial charge >= 0.3 is 0 Å². The summed E-state index contributed by atoms with van der Waals surface area (Å²) in [6.45, 7) is 2.06. The maximum Gasteiger partial charge on any atom is 0.257 e. The molecule has 0 spiro atoms. The third-order valence-corrected chi connectivity index (χ3v) is 4.97. The molecule has 1 aromatic rings. The number of carbonyl (C=O) groups excluding carboxylic acids is 1. The normalized spacial score (nSPS) is 21.1. The van der Waals surface area contributed by atoms with E-state index in [4.69, 9.17) is 4.74 Å². The highest BCUT2D eigenvalue weighted by molar-refractivity contribution is 7.80. The van der Waals surface area contributed by atoms with Gasteiger partial charge in [0.05, 0.1) is 12.1 Å². The van der Waals surface area contributed by atoms with E-state index in [-0.39, 0.29) is 11.3 Å². The number of fused-ring (bicyclic) bond motifs is 1. The average molecular weight is 277 g/mol. The molecule has 1 heterocycles. The van der Waals surface area contributed by atoms with Crippen LogP contribution in [-0.2, 0) is 0 Å². The molecule has 4 heteroatoms. The molecule has 1 fully saturated rings. The Morgan fingerprint density at radius 2 is 2.11 bits per heavy atom. The number of rotatable bonds is 3. The Bertz CT molecular complexity index is 479. The highest BCUT2D eigenvalue weighted by atomic mass is 32.1. The van der Waals surface area contributed by atoms with Crippen LogP contribution in [-0.4, -0.2) is 36.3 Å². The van der Waals surface area contributed by atoms with Gasteiger partial charge in [0, 0.05) is 6.54 Å². The first kappa shape index (κ1) is 12.9. The minimum atomic E-state index is 0.0983. The third kappa shape index (κ3) is 2.34. The van der Waals surface area contributed by atoms with Crippen molar-refractivity contribution in [2.24, 2.45) is 5.41 Å². The fourth-order valence-corrected chi connectivity index (χ4v) is 3.32. The molecule has 0 radical (unpaired) electrons. The first-order valence-electron chi connectivity index (χ1n) is 6.86. The highest BCUT2D eigenvalue weighted by Gasteiger charge is 2.39. The molecule has 1 saturated carbocycles. The second-order valence-electron chi connectivity index (χ2n) is 5.58. The molecule has 2 aliphatic rings. The Hall–Kier alpha value is -1.16. The molecule has 0 N–H and O–H groups in total. The summed E-state index contributed by atoms with van der Waals surface area (Å²) in [6.07, 6.45) is 3.63. The number of carbonyl (C=O) groups is 1. The quantitative estimate of drug-likeness (QED) is 0.861. The van der Waals surface area contributed by atoms with Crippen LogP contribution in [0.2, 0.25) is 0 Å². The molecule has 0 unspecified atom stereocenters. The molecule has 102 valence electrons. The number of benzene rings is 1. The number of amides is 1. The standard InChI is InChI=1S/C15H19NO2S/c17-14-12-4-1-2-5-13(12)18-9-8-16(14)10-15(11-19)6-3-7-15/h1-2,4-5,19H,3,6-11H2. The zero-order valence-corrected chi connectivity index (χ0v) is 11.9. The topological polar surface area (TPSA) is 29.5 Å². The lowest BCUT2D eigenvalue weighted by Crippen LogP contribution is -2.46. The summed E-state index contributed by atoms with van der Waals surface area (Å²) in [5, 5.41) is 0. The molecule has 19 heavy (non-hydrogen) atoms. The van der Waals surface area contributed by atoms with Gasteiger partial charge in [-0.3, -0.25) is 4.79 Å². The Kier molecular flexibility index (Phi) is 3.44. The Labute approximate surface area is 119 Å². The predicted octanol–water partition coefficient (Wildman–Crippen LogP) is 2.62. The van der Waals surface area contributed by atoms with Crippen LogP contribution in [0.15, 0.2) is 24.3 Å². The van der Waals surface area contributed by atoms with Gasteiger partial charge in [0.25, 0.3) is 5.91 Å². The van der Waals surface area contributed by atoms with Crippen LogP contribution in [0.25, 0.3) is 0 Å². The molecule has 3 rings (SSSR count). The van der Waals surface area contributed by atoms with Crippen LogP contribution in [0.4, 0.5) is 0 Å². The molecule has 0 aromatic heterocycles. The van der Waals surface area contributed by atoms with E-state index >= 15 is 0 Å². The average Bonchev–Trinajstić information content (AvgIpc) is 2.55. The largest absolute Gasteiger partial charge is 0.491 e. The van der Waals surface area contributed by atoms with Gasteiger partial charge in [-0.1, -0.05) is 18.6 Å². The van der Waals surface area contributed by atoms with Gasteiger partial charge in [0.15, 0.2) is 0 Å². The first-order chi connectivity index (χ1) is 9.24. The van der Waals surface area contributed by atoms with E-state index in [0.717, 1.165) is 12.3 Å². The Morgan fingerprint density at radius 3 is 2.79 bits per heavy atom. The van der Waals surface area contributed by atoms with Crippen LogP contribution in [0.5, 0.6) is 5.75 Å². The minimum Gasteiger partial charge on any atom is -0.491 e. The lowest BCUT2D eigenvalue weighted by molar-refractivity contribution is 0.0540. The molecule has 1 aliphatic heterocycles. The zero-order chi connectivity index (χ0) is 13.3. The van der Waals surface area contributed by atoms with E-state index in [1.54, 1.807) is 0 Å². The van der Waals surface area contributed by atoms with Crippen LogP contribution in [0.3, 0.4) is 0 Å². The fourth-order valence-electron chi connectivity index (χ4n) is 2.91. The molecule has 3 nitrogen and oxygen atoms in total. The fraction of sp³-hybridized carbons (Fsp3) is 0.533. The SMILES string of the molecule is O=C1c2ccccc2OCCN1CC1(CS)CCC1. The van der Waals surface area contributed by atoms with E-state index in [2.05, 4.69) is 12.6 Å². The minimum absolute atomic E-state index is 0.0983. The summed E-state index contributed by atoms with van der Waals surface area (Å²) < 4.78 is 5.67. The van der Waals surface area contributed by atoms with Crippen molar-refractivity contribution in [2.45, 2.75) is 19.3 Å². The maximum absolute atomic E-state index is 12.6. The van der Waals surface area contributed by atoms with E-state index in [1.807, 2.05) is 29.2 Å². The van der Waals surface area contributed by atoms with Crippen LogP contribution < -0.4 is 4.74 Å². The second-order valence-corrected chi connectivity index (χ2v) is 5.90. The van der Waals surface area contributed by atoms with Crippen LogP contribution >= 0.6 is 12.6 Å².